The molecule has 0 unspecified atom stereocenters. The topological polar surface area (TPSA) is 77.8 Å². The second-order valence-corrected chi connectivity index (χ2v) is 5.24. The van der Waals surface area contributed by atoms with Crippen LogP contribution in [0, 0.1) is 0 Å². The van der Waals surface area contributed by atoms with E-state index in [0.29, 0.717) is 17.6 Å². The van der Waals surface area contributed by atoms with Crippen LogP contribution in [0.5, 0.6) is 11.5 Å². The Balaban J connectivity index is 2.58. The van der Waals surface area contributed by atoms with Gasteiger partial charge in [0, 0.05) is 5.57 Å². The number of aliphatic carboxylic acids is 1. The molecule has 0 bridgehead atoms. The van der Waals surface area contributed by atoms with Gasteiger partial charge in [0.05, 0.1) is 0 Å². The van der Waals surface area contributed by atoms with E-state index in [4.69, 9.17) is 0 Å². The summed E-state index contributed by atoms with van der Waals surface area (Å²) in [6.07, 6.45) is 8.72. The van der Waals surface area contributed by atoms with Crippen LogP contribution in [-0.4, -0.2) is 21.3 Å². The maximum Gasteiger partial charge on any atom is 0.331 e. The monoisotopic (exact) mass is 292 g/mol. The van der Waals surface area contributed by atoms with Crippen molar-refractivity contribution in [2.45, 2.75) is 51.9 Å². The summed E-state index contributed by atoms with van der Waals surface area (Å²) in [4.78, 5) is 11.2. The van der Waals surface area contributed by atoms with Crippen molar-refractivity contribution in [3.63, 3.8) is 0 Å². The molecule has 0 aliphatic carbocycles. The second-order valence-electron chi connectivity index (χ2n) is 5.24. The highest BCUT2D eigenvalue weighted by atomic mass is 16.4. The number of hydrogen-bond donors (Lipinski definition) is 3. The third-order valence-electron chi connectivity index (χ3n) is 3.41. The van der Waals surface area contributed by atoms with Gasteiger partial charge in [-0.25, -0.2) is 4.79 Å². The molecule has 4 nitrogen and oxygen atoms in total. The van der Waals surface area contributed by atoms with E-state index in [0.717, 1.165) is 19.3 Å². The smallest absolute Gasteiger partial charge is 0.331 e. The van der Waals surface area contributed by atoms with Gasteiger partial charge in [0.1, 0.15) is 0 Å². The molecule has 0 atom stereocenters. The summed E-state index contributed by atoms with van der Waals surface area (Å²) in [6.45, 7) is 2.17. The van der Waals surface area contributed by atoms with Gasteiger partial charge >= 0.3 is 5.97 Å². The number of rotatable bonds is 9. The lowest BCUT2D eigenvalue weighted by Gasteiger charge is -2.04. The Labute approximate surface area is 125 Å². The lowest BCUT2D eigenvalue weighted by atomic mass is 10.0. The highest BCUT2D eigenvalue weighted by Crippen LogP contribution is 2.26. The van der Waals surface area contributed by atoms with Crippen LogP contribution in [0.1, 0.15) is 57.4 Å². The van der Waals surface area contributed by atoms with Crippen LogP contribution < -0.4 is 0 Å². The fourth-order valence-electron chi connectivity index (χ4n) is 2.17. The minimum Gasteiger partial charge on any atom is -0.504 e. The third kappa shape index (κ3) is 6.34. The Morgan fingerprint density at radius 2 is 1.71 bits per heavy atom. The van der Waals surface area contributed by atoms with Gasteiger partial charge in [0.2, 0.25) is 0 Å². The van der Waals surface area contributed by atoms with Gasteiger partial charge in [-0.15, -0.1) is 0 Å². The Hall–Kier alpha value is -1.97. The maximum absolute atomic E-state index is 11.2. The quantitative estimate of drug-likeness (QED) is 0.360. The highest BCUT2D eigenvalue weighted by molar-refractivity contribution is 5.92. The predicted molar refractivity (Wildman–Crippen MR) is 83.4 cm³/mol. The minimum atomic E-state index is -0.934. The van der Waals surface area contributed by atoms with Gasteiger partial charge in [-0.3, -0.25) is 0 Å². The molecule has 0 aliphatic heterocycles. The van der Waals surface area contributed by atoms with Crippen LogP contribution in [0.3, 0.4) is 0 Å². The maximum atomic E-state index is 11.2. The zero-order chi connectivity index (χ0) is 15.7. The van der Waals surface area contributed by atoms with Crippen molar-refractivity contribution >= 4 is 12.0 Å². The van der Waals surface area contributed by atoms with E-state index in [1.165, 1.54) is 31.4 Å². The van der Waals surface area contributed by atoms with Crippen LogP contribution in [0.4, 0.5) is 0 Å². The third-order valence-corrected chi connectivity index (χ3v) is 3.41. The minimum absolute atomic E-state index is 0.208. The molecule has 0 radical (unpaired) electrons. The lowest BCUT2D eigenvalue weighted by Crippen LogP contribution is -2.00. The number of hydrogen-bond acceptors (Lipinski definition) is 3. The average molecular weight is 292 g/mol. The largest absolute Gasteiger partial charge is 0.504 e. The van der Waals surface area contributed by atoms with Crippen LogP contribution in [0.25, 0.3) is 6.08 Å². The number of phenols is 2. The summed E-state index contributed by atoms with van der Waals surface area (Å²) in [5.74, 6) is -1.39. The average Bonchev–Trinajstić information content (AvgIpc) is 2.45. The molecule has 0 fully saturated rings. The van der Waals surface area contributed by atoms with Gasteiger partial charge in [0.15, 0.2) is 11.5 Å². The highest BCUT2D eigenvalue weighted by Gasteiger charge is 2.08. The summed E-state index contributed by atoms with van der Waals surface area (Å²) in [5.41, 5.74) is 0.907. The molecule has 1 rings (SSSR count). The SMILES string of the molecule is CCCCCCCC/C(=C\c1ccc(O)c(O)c1)C(=O)O. The van der Waals surface area contributed by atoms with E-state index in [1.807, 2.05) is 0 Å². The molecule has 0 amide bonds. The number of phenolic OH excluding ortho intramolecular Hbond substituents is 2. The number of carbonyl (C=O) groups is 1. The standard InChI is InChI=1S/C17H24O4/c1-2-3-4-5-6-7-8-14(17(20)21)11-13-9-10-15(18)16(19)12-13/h9-12,18-19H,2-8H2,1H3,(H,20,21)/b14-11+. The number of aromatic hydroxyl groups is 2. The van der Waals surface area contributed by atoms with Crippen molar-refractivity contribution in [1.82, 2.24) is 0 Å². The van der Waals surface area contributed by atoms with Gasteiger partial charge in [-0.2, -0.15) is 0 Å². The number of unbranched alkanes of at least 4 members (excludes halogenated alkanes) is 5. The molecule has 4 heteroatoms. The van der Waals surface area contributed by atoms with Crippen molar-refractivity contribution in [3.05, 3.63) is 29.3 Å². The summed E-state index contributed by atoms with van der Waals surface area (Å²) < 4.78 is 0. The van der Waals surface area contributed by atoms with E-state index in [-0.39, 0.29) is 11.5 Å². The first-order chi connectivity index (χ1) is 10.0. The summed E-state index contributed by atoms with van der Waals surface area (Å²) >= 11 is 0. The Morgan fingerprint density at radius 3 is 2.33 bits per heavy atom. The molecule has 0 saturated carbocycles. The molecule has 0 aliphatic rings. The molecule has 0 heterocycles. The zero-order valence-corrected chi connectivity index (χ0v) is 12.5. The molecular formula is C17H24O4. The second kappa shape index (κ2) is 9.06. The van der Waals surface area contributed by atoms with Crippen molar-refractivity contribution < 1.29 is 20.1 Å². The molecule has 116 valence electrons. The van der Waals surface area contributed by atoms with Gasteiger partial charge in [0.25, 0.3) is 0 Å². The molecule has 0 saturated heterocycles. The number of benzene rings is 1. The lowest BCUT2D eigenvalue weighted by molar-refractivity contribution is -0.132. The van der Waals surface area contributed by atoms with Gasteiger partial charge in [-0.05, 0) is 36.6 Å². The summed E-state index contributed by atoms with van der Waals surface area (Å²) in [6, 6.07) is 4.30. The van der Waals surface area contributed by atoms with Gasteiger partial charge < -0.3 is 15.3 Å². The summed E-state index contributed by atoms with van der Waals surface area (Å²) in [5, 5.41) is 27.9. The fraction of sp³-hybridized carbons (Fsp3) is 0.471. The van der Waals surface area contributed by atoms with Crippen molar-refractivity contribution in [2.75, 3.05) is 0 Å². The number of carboxylic acids is 1. The summed E-state index contributed by atoms with van der Waals surface area (Å²) in [7, 11) is 0. The van der Waals surface area contributed by atoms with E-state index >= 15 is 0 Å². The zero-order valence-electron chi connectivity index (χ0n) is 12.5. The first-order valence-corrected chi connectivity index (χ1v) is 7.50. The van der Waals surface area contributed by atoms with Gasteiger partial charge in [-0.1, -0.05) is 45.1 Å². The van der Waals surface area contributed by atoms with E-state index in [1.54, 1.807) is 12.1 Å². The molecular weight excluding hydrogens is 268 g/mol. The van der Waals surface area contributed by atoms with E-state index in [9.17, 15) is 20.1 Å². The molecule has 3 N–H and O–H groups in total. The van der Waals surface area contributed by atoms with E-state index < -0.39 is 5.97 Å². The molecule has 1 aromatic rings. The number of carboxylic acid groups (broad SMARTS) is 1. The first-order valence-electron chi connectivity index (χ1n) is 7.50. The van der Waals surface area contributed by atoms with Crippen LogP contribution in [0.2, 0.25) is 0 Å². The van der Waals surface area contributed by atoms with Crippen LogP contribution >= 0.6 is 0 Å². The molecule has 21 heavy (non-hydrogen) atoms. The van der Waals surface area contributed by atoms with Crippen molar-refractivity contribution in [2.24, 2.45) is 0 Å². The van der Waals surface area contributed by atoms with Crippen LogP contribution in [-0.2, 0) is 4.79 Å². The Morgan fingerprint density at radius 1 is 1.05 bits per heavy atom. The van der Waals surface area contributed by atoms with Crippen LogP contribution in [0.15, 0.2) is 23.8 Å². The predicted octanol–water partition coefficient (Wildman–Crippen LogP) is 4.32. The Bertz CT molecular complexity index is 492. The van der Waals surface area contributed by atoms with Crippen molar-refractivity contribution in [3.8, 4) is 11.5 Å². The normalized spacial score (nSPS) is 11.6. The molecule has 1 aromatic carbocycles. The molecule has 0 aromatic heterocycles. The van der Waals surface area contributed by atoms with Crippen molar-refractivity contribution in [1.29, 1.82) is 0 Å². The Kier molecular flexibility index (Phi) is 7.37. The fourth-order valence-corrected chi connectivity index (χ4v) is 2.17. The molecule has 0 spiro atoms. The first kappa shape index (κ1) is 17.1. The van der Waals surface area contributed by atoms with E-state index in [2.05, 4.69) is 6.92 Å².